The first-order valence-corrected chi connectivity index (χ1v) is 37.9. The Morgan fingerprint density at radius 2 is 1.17 bits per heavy atom. The molecule has 5 aromatic carbocycles. The van der Waals surface area contributed by atoms with Gasteiger partial charge in [0.25, 0.3) is 5.56 Å². The molecule has 0 bridgehead atoms. The number of pyridine rings is 3. The van der Waals surface area contributed by atoms with Crippen molar-refractivity contribution in [3.63, 3.8) is 0 Å². The third-order valence-corrected chi connectivity index (χ3v) is 19.0. The highest BCUT2D eigenvalue weighted by molar-refractivity contribution is 8.05. The lowest BCUT2D eigenvalue weighted by molar-refractivity contribution is -0.145. The number of rotatable bonds is 16. The highest BCUT2D eigenvalue weighted by atomic mass is 35.9. The number of aromatic hydroxyl groups is 1. The van der Waals surface area contributed by atoms with Crippen molar-refractivity contribution in [3.05, 3.63) is 230 Å². The number of carbonyl (C=O) groups is 3. The molecule has 0 radical (unpaired) electrons. The molecule has 4 saturated carbocycles. The monoisotopic (exact) mass is 1490 g/mol. The number of aromatic nitrogens is 9. The lowest BCUT2D eigenvalue weighted by atomic mass is 9.79. The van der Waals surface area contributed by atoms with Crippen molar-refractivity contribution in [1.29, 1.82) is 5.41 Å². The number of Topliss-reactive ketones (excluding diaryl/α,β-unsaturated/α-hetero) is 1. The summed E-state index contributed by atoms with van der Waals surface area (Å²) in [7, 11) is 1.33. The fourth-order valence-corrected chi connectivity index (χ4v) is 13.1. The van der Waals surface area contributed by atoms with E-state index < -0.39 is 18.0 Å². The molecular formula is C75H76Cl5N12O9P. The van der Waals surface area contributed by atoms with Gasteiger partial charge in [-0.2, -0.15) is 15.3 Å². The number of benzene rings is 5. The quantitative estimate of drug-likeness (QED) is 0.0197. The number of esters is 2. The molecule has 11 aromatic rings. The molecule has 0 unspecified atom stereocenters. The Bertz CT molecular complexity index is 4800. The van der Waals surface area contributed by atoms with Gasteiger partial charge in [-0.1, -0.05) is 151 Å². The second-order valence-corrected chi connectivity index (χ2v) is 29.9. The van der Waals surface area contributed by atoms with E-state index in [0.29, 0.717) is 79.1 Å². The summed E-state index contributed by atoms with van der Waals surface area (Å²) in [5, 5.41) is 38.6. The Labute approximate surface area is 614 Å². The summed E-state index contributed by atoms with van der Waals surface area (Å²) < 4.78 is 30.0. The molecule has 6 N–H and O–H groups in total. The van der Waals surface area contributed by atoms with Crippen LogP contribution in [-0.4, -0.2) is 86.6 Å². The number of nitrogens with zero attached hydrogens (tertiary/aromatic N) is 8. The first kappa shape index (κ1) is 75.3. The Morgan fingerprint density at radius 1 is 0.657 bits per heavy atom. The number of methoxy groups -OCH3 is 1. The van der Waals surface area contributed by atoms with Gasteiger partial charge in [0.2, 0.25) is 0 Å². The fourth-order valence-electron chi connectivity index (χ4n) is 11.4. The molecular weight excluding hydrogens is 1420 g/mol. The lowest BCUT2D eigenvalue weighted by Gasteiger charge is -2.27. The van der Waals surface area contributed by atoms with Crippen LogP contribution in [0.25, 0.3) is 39.1 Å². The van der Waals surface area contributed by atoms with Crippen LogP contribution < -0.4 is 21.1 Å². The van der Waals surface area contributed by atoms with E-state index in [1.807, 2.05) is 132 Å². The van der Waals surface area contributed by atoms with E-state index in [9.17, 15) is 28.8 Å². The minimum Gasteiger partial charge on any atom is -0.507 e. The predicted molar refractivity (Wildman–Crippen MR) is 403 cm³/mol. The smallest absolute Gasteiger partial charge is 0.428 e. The molecule has 530 valence electrons. The summed E-state index contributed by atoms with van der Waals surface area (Å²) in [6, 6.07) is 54.0. The van der Waals surface area contributed by atoms with Crippen molar-refractivity contribution in [3.8, 4) is 28.6 Å². The van der Waals surface area contributed by atoms with Gasteiger partial charge >= 0.3 is 18.0 Å². The number of ether oxygens (including phenoxy) is 2. The molecule has 21 nitrogen and oxygen atoms in total. The first-order valence-electron chi connectivity index (χ1n) is 33.4. The van der Waals surface area contributed by atoms with Gasteiger partial charge in [0.15, 0.2) is 11.3 Å². The fraction of sp³-hybridized carbons (Fsp3) is 0.280. The molecule has 0 atom stereocenters. The minimum absolute atomic E-state index is 0.0119. The summed E-state index contributed by atoms with van der Waals surface area (Å²) in [4.78, 5) is 55.8. The zero-order valence-corrected chi connectivity index (χ0v) is 60.8. The number of hydrogen-bond donors (Lipinski definition) is 5. The SMILES string of the molecule is CCOC(=O)CC(C)=O.COC(=O)c1cc(Cl)c2c(C3CCC3)nn(-c3ccccc3)c2n1.N=C(c1c(Cl)cc(Cl)nc1Nc1ccccc1)C1CCC1.Nc1cc(C2CCC2)nn1-c1ccccc1.O=P(Cl)(Cl)Oc1ccccc1.O=c1cc(O)c2c(C3CCC3)nn(-c3ccccc3)c2[nH]1. The van der Waals surface area contributed by atoms with Crippen molar-refractivity contribution in [2.45, 2.75) is 115 Å². The number of ketones is 1. The standard InChI is InChI=1S/C18H16ClN3O2.C16H15Cl2N3.C16H15N3O2.C13H15N3.C6H5Cl2O2P.C6H10O3/c1-24-18(23)14-10-13(19)15-16(11-6-5-7-11)21-22(17(15)20-14)12-8-3-2-4-9-12;17-12-9-13(18)21-16(20-11-7-2-1-3-8-11)14(12)15(19)10-5-4-6-10;20-12-9-13(21)17-16-14(12)15(10-5-4-6-10)18-19(16)11-7-2-1-3-8-11;14-13-9-12(10-5-4-6-10)15-16(13)11-7-2-1-3-8-11;7-11(8,9)10-6-4-2-1-3-5-6;1-3-9-6(8)4-5(2)7/h2-4,8-11H,5-7H2,1H3;1-3,7-10,19H,4-6H2,(H,20,21);1-3,7-10H,4-6H2,(H2,17,20,21);1-3,7-10H,4-6,14H2;1-5H;3-4H2,1-2H3. The van der Waals surface area contributed by atoms with Crippen LogP contribution in [0.5, 0.6) is 11.5 Å². The second-order valence-electron chi connectivity index (χ2n) is 24.5. The molecule has 6 aromatic heterocycles. The number of hydrogen-bond acceptors (Lipinski definition) is 17. The van der Waals surface area contributed by atoms with Gasteiger partial charge in [0, 0.05) is 69.7 Å². The summed E-state index contributed by atoms with van der Waals surface area (Å²) >= 11 is 29.2. The molecule has 6 heterocycles. The van der Waals surface area contributed by atoms with Crippen molar-refractivity contribution < 1.29 is 38.1 Å². The Kier molecular flexibility index (Phi) is 26.2. The maximum atomic E-state index is 11.9. The molecule has 102 heavy (non-hydrogen) atoms. The molecule has 15 rings (SSSR count). The van der Waals surface area contributed by atoms with Crippen molar-refractivity contribution >= 4 is 126 Å². The third kappa shape index (κ3) is 19.6. The van der Waals surface area contributed by atoms with Gasteiger partial charge in [-0.3, -0.25) is 14.4 Å². The van der Waals surface area contributed by atoms with Crippen LogP contribution in [0.4, 0.5) is 17.3 Å². The average molecular weight is 1500 g/mol. The van der Waals surface area contributed by atoms with Crippen LogP contribution in [0.3, 0.4) is 0 Å². The number of anilines is 3. The van der Waals surface area contributed by atoms with Crippen LogP contribution in [0.2, 0.25) is 15.2 Å². The summed E-state index contributed by atoms with van der Waals surface area (Å²) in [6.07, 6.45) is 10.3. The summed E-state index contributed by atoms with van der Waals surface area (Å²) in [6.45, 7) is 3.40. The van der Waals surface area contributed by atoms with Crippen LogP contribution in [0, 0.1) is 11.3 Å². The Hall–Kier alpha value is -9.34. The van der Waals surface area contributed by atoms with Crippen LogP contribution >= 0.6 is 63.4 Å². The van der Waals surface area contributed by atoms with E-state index in [2.05, 4.69) is 39.7 Å². The highest BCUT2D eigenvalue weighted by Gasteiger charge is 2.32. The number of nitrogens with one attached hydrogen (secondary N) is 3. The number of fused-ring (bicyclic) bond motifs is 2. The third-order valence-electron chi connectivity index (χ3n) is 17.4. The molecule has 4 aliphatic rings. The van der Waals surface area contributed by atoms with Crippen LogP contribution in [0.15, 0.2) is 181 Å². The molecule has 4 fully saturated rings. The van der Waals surface area contributed by atoms with E-state index >= 15 is 0 Å². The molecule has 0 aliphatic heterocycles. The molecule has 4 aliphatic carbocycles. The number of aromatic amines is 1. The van der Waals surface area contributed by atoms with E-state index in [4.69, 9.17) is 78.3 Å². The molecule has 27 heteroatoms. The number of nitrogen functional groups attached to an aromatic ring is 1. The topological polar surface area (TPSA) is 290 Å². The van der Waals surface area contributed by atoms with E-state index in [-0.39, 0.29) is 35.1 Å². The van der Waals surface area contributed by atoms with Crippen molar-refractivity contribution in [1.82, 2.24) is 44.3 Å². The van der Waals surface area contributed by atoms with Gasteiger partial charge in [-0.15, -0.1) is 0 Å². The van der Waals surface area contributed by atoms with Gasteiger partial charge < -0.3 is 40.5 Å². The van der Waals surface area contributed by atoms with Gasteiger partial charge in [-0.25, -0.2) is 33.4 Å². The van der Waals surface area contributed by atoms with Gasteiger partial charge in [0.1, 0.15) is 46.1 Å². The number of carbonyl (C=O) groups excluding carboxylic acids is 3. The largest absolute Gasteiger partial charge is 0.507 e. The van der Waals surface area contributed by atoms with E-state index in [0.717, 1.165) is 89.6 Å². The number of nitrogens with two attached hydrogens (primary N) is 1. The van der Waals surface area contributed by atoms with Crippen LogP contribution in [0.1, 0.15) is 148 Å². The number of H-pyrrole nitrogens is 1. The normalized spacial score (nSPS) is 14.0. The Balaban J connectivity index is 0.000000135. The number of para-hydroxylation sites is 5. The molecule has 0 amide bonds. The van der Waals surface area contributed by atoms with Gasteiger partial charge in [-0.05, 0) is 138 Å². The average Bonchev–Trinajstić information content (AvgIpc) is 1.60. The first-order chi connectivity index (χ1) is 49.2. The van der Waals surface area contributed by atoms with Gasteiger partial charge in [0.05, 0.1) is 74.2 Å². The van der Waals surface area contributed by atoms with Crippen LogP contribution in [-0.2, 0) is 23.6 Å². The van der Waals surface area contributed by atoms with Crippen molar-refractivity contribution in [2.75, 3.05) is 24.8 Å². The zero-order chi connectivity index (χ0) is 72.5. The summed E-state index contributed by atoms with van der Waals surface area (Å²) in [5.41, 5.74) is 14.9. The Morgan fingerprint density at radius 3 is 1.67 bits per heavy atom. The molecule has 0 saturated heterocycles. The van der Waals surface area contributed by atoms with E-state index in [1.54, 1.807) is 58.8 Å². The lowest BCUT2D eigenvalue weighted by Crippen LogP contribution is -2.23. The van der Waals surface area contributed by atoms with Crippen molar-refractivity contribution in [2.24, 2.45) is 5.92 Å². The number of halogens is 5. The maximum Gasteiger partial charge on any atom is 0.428 e. The predicted octanol–water partition coefficient (Wildman–Crippen LogP) is 19.0. The zero-order valence-electron chi connectivity index (χ0n) is 56.2. The maximum absolute atomic E-state index is 11.9. The minimum atomic E-state index is -3.44. The van der Waals surface area contributed by atoms with E-state index in [1.165, 1.54) is 58.6 Å². The highest BCUT2D eigenvalue weighted by Crippen LogP contribution is 2.57. The molecule has 0 spiro atoms. The second kappa shape index (κ2) is 35.5. The summed E-state index contributed by atoms with van der Waals surface area (Å²) in [5.74, 6) is 2.27.